The number of amides is 1. The van der Waals surface area contributed by atoms with Gasteiger partial charge in [-0.25, -0.2) is 0 Å². The molecule has 6 rings (SSSR count). The van der Waals surface area contributed by atoms with Gasteiger partial charge < -0.3 is 29.6 Å². The highest BCUT2D eigenvalue weighted by molar-refractivity contribution is 5.82. The van der Waals surface area contributed by atoms with Gasteiger partial charge in [0.25, 0.3) is 0 Å². The summed E-state index contributed by atoms with van der Waals surface area (Å²) in [5.41, 5.74) is 7.38. The molecule has 296 valence electrons. The van der Waals surface area contributed by atoms with Crippen LogP contribution in [0, 0.1) is 6.92 Å². The highest BCUT2D eigenvalue weighted by Crippen LogP contribution is 2.47. The molecule has 2 aliphatic heterocycles. The number of aldehydes is 2. The third-order valence-electron chi connectivity index (χ3n) is 11.4. The number of ether oxygens (including phenoxy) is 2. The van der Waals surface area contributed by atoms with E-state index in [1.165, 1.54) is 16.7 Å². The first-order valence-electron chi connectivity index (χ1n) is 19.9. The summed E-state index contributed by atoms with van der Waals surface area (Å²) in [5.74, 6) is 1.93. The Morgan fingerprint density at radius 1 is 0.964 bits per heavy atom. The summed E-state index contributed by atoms with van der Waals surface area (Å²) in [5, 5.41) is 12.8. The molecule has 10 heteroatoms. The lowest BCUT2D eigenvalue weighted by Gasteiger charge is -2.36. The van der Waals surface area contributed by atoms with Gasteiger partial charge in [-0.15, -0.1) is 0 Å². The molecule has 4 aromatic rings. The van der Waals surface area contributed by atoms with Crippen molar-refractivity contribution in [2.24, 2.45) is 0 Å². The van der Waals surface area contributed by atoms with Crippen molar-refractivity contribution >= 4 is 24.2 Å². The maximum absolute atomic E-state index is 12.5. The number of carbonyl (C=O) groups is 3. The average molecular weight is 761 g/mol. The second kappa shape index (κ2) is 19.6. The molecule has 1 fully saturated rings. The fourth-order valence-electron chi connectivity index (χ4n) is 8.25. The van der Waals surface area contributed by atoms with Crippen LogP contribution >= 0.6 is 0 Å². The van der Waals surface area contributed by atoms with Crippen LogP contribution in [0.2, 0.25) is 0 Å². The normalized spacial score (nSPS) is 17.5. The van der Waals surface area contributed by atoms with Gasteiger partial charge in [0.05, 0.1) is 19.3 Å². The Balaban J connectivity index is 0.950. The van der Waals surface area contributed by atoms with Crippen molar-refractivity contribution in [1.29, 1.82) is 0 Å². The molecule has 0 bridgehead atoms. The maximum Gasteiger partial charge on any atom is 0.237 e. The molecule has 3 atom stereocenters. The van der Waals surface area contributed by atoms with Crippen LogP contribution in [0.15, 0.2) is 84.9 Å². The van der Waals surface area contributed by atoms with Crippen LogP contribution in [0.5, 0.6) is 17.2 Å². The fourth-order valence-corrected chi connectivity index (χ4v) is 8.25. The van der Waals surface area contributed by atoms with Crippen LogP contribution in [0.25, 0.3) is 0 Å². The topological polar surface area (TPSA) is 112 Å². The molecule has 0 radical (unpaired) electrons. The van der Waals surface area contributed by atoms with Crippen molar-refractivity contribution in [2.75, 3.05) is 64.9 Å². The zero-order valence-electron chi connectivity index (χ0n) is 33.0. The number of aromatic hydroxyl groups is 1. The summed E-state index contributed by atoms with van der Waals surface area (Å²) >= 11 is 0. The van der Waals surface area contributed by atoms with Crippen molar-refractivity contribution in [3.05, 3.63) is 118 Å². The van der Waals surface area contributed by atoms with Crippen molar-refractivity contribution in [2.45, 2.75) is 63.5 Å². The van der Waals surface area contributed by atoms with Gasteiger partial charge in [0.15, 0.2) is 0 Å². The second-order valence-electron chi connectivity index (χ2n) is 15.1. The molecule has 10 nitrogen and oxygen atoms in total. The van der Waals surface area contributed by atoms with E-state index >= 15 is 0 Å². The Morgan fingerprint density at radius 3 is 2.48 bits per heavy atom. The third-order valence-corrected chi connectivity index (χ3v) is 11.4. The third kappa shape index (κ3) is 9.97. The van der Waals surface area contributed by atoms with Gasteiger partial charge in [0.1, 0.15) is 29.8 Å². The van der Waals surface area contributed by atoms with Gasteiger partial charge in [0.2, 0.25) is 5.91 Å². The lowest BCUT2D eigenvalue weighted by Crippen LogP contribution is -2.46. The van der Waals surface area contributed by atoms with E-state index in [4.69, 9.17) is 9.47 Å². The zero-order chi connectivity index (χ0) is 39.4. The average Bonchev–Trinajstić information content (AvgIpc) is 3.22. The lowest BCUT2D eigenvalue weighted by atomic mass is 9.75. The number of benzene rings is 4. The van der Waals surface area contributed by atoms with Crippen molar-refractivity contribution in [3.8, 4) is 17.2 Å². The lowest BCUT2D eigenvalue weighted by molar-refractivity contribution is -0.126. The number of likely N-dealkylation sites (N-methyl/N-ethyl adjacent to an activating group) is 2. The number of carbonyl (C=O) groups excluding carboxylic acids is 3. The molecule has 0 aliphatic carbocycles. The van der Waals surface area contributed by atoms with E-state index in [-0.39, 0.29) is 23.5 Å². The number of phenolic OH excluding ortho intramolecular Hbond substituents is 1. The highest BCUT2D eigenvalue weighted by Gasteiger charge is 2.34. The monoisotopic (exact) mass is 760 g/mol. The smallest absolute Gasteiger partial charge is 0.237 e. The van der Waals surface area contributed by atoms with E-state index < -0.39 is 6.04 Å². The van der Waals surface area contributed by atoms with Crippen LogP contribution < -0.4 is 19.7 Å². The van der Waals surface area contributed by atoms with Crippen LogP contribution in [-0.4, -0.2) is 99.5 Å². The zero-order valence-corrected chi connectivity index (χ0v) is 33.0. The Kier molecular flexibility index (Phi) is 14.2. The van der Waals surface area contributed by atoms with Gasteiger partial charge in [-0.05, 0) is 105 Å². The predicted molar refractivity (Wildman–Crippen MR) is 220 cm³/mol. The number of phenols is 1. The van der Waals surface area contributed by atoms with Crippen molar-refractivity contribution < 1.29 is 29.0 Å². The highest BCUT2D eigenvalue weighted by atomic mass is 16.5. The number of nitrogens with one attached hydrogen (secondary N) is 1. The molecule has 0 spiro atoms. The Hall–Kier alpha value is -5.19. The molecule has 2 heterocycles. The van der Waals surface area contributed by atoms with E-state index in [1.807, 2.05) is 30.1 Å². The van der Waals surface area contributed by atoms with Crippen LogP contribution in [0.4, 0.5) is 5.69 Å². The Bertz CT molecular complexity index is 1930. The number of nitrogens with zero attached hydrogens (tertiary/aromatic N) is 3. The first-order valence-corrected chi connectivity index (χ1v) is 19.9. The molecule has 1 unspecified atom stereocenters. The van der Waals surface area contributed by atoms with E-state index in [9.17, 15) is 19.5 Å². The van der Waals surface area contributed by atoms with Gasteiger partial charge in [-0.2, -0.15) is 0 Å². The van der Waals surface area contributed by atoms with Crippen molar-refractivity contribution in [1.82, 2.24) is 15.1 Å². The number of hydrogen-bond donors (Lipinski definition) is 2. The van der Waals surface area contributed by atoms with Gasteiger partial charge in [-0.3, -0.25) is 19.4 Å². The summed E-state index contributed by atoms with van der Waals surface area (Å²) in [4.78, 5) is 42.2. The molecule has 2 aliphatic rings. The first-order chi connectivity index (χ1) is 27.3. The van der Waals surface area contributed by atoms with Crippen LogP contribution in [-0.2, 0) is 16.1 Å². The van der Waals surface area contributed by atoms with Crippen LogP contribution in [0.3, 0.4) is 0 Å². The summed E-state index contributed by atoms with van der Waals surface area (Å²) in [7, 11) is 3.46. The minimum absolute atomic E-state index is 0.0962. The van der Waals surface area contributed by atoms with Crippen molar-refractivity contribution in [3.63, 3.8) is 0 Å². The minimum atomic E-state index is -0.451. The molecule has 1 amide bonds. The molecular weight excluding hydrogens is 705 g/mol. The van der Waals surface area contributed by atoms with Gasteiger partial charge in [0, 0.05) is 80.9 Å². The number of rotatable bonds is 18. The molecule has 56 heavy (non-hydrogen) atoms. The number of piperazine rings is 1. The fraction of sp³-hybridized carbons (Fsp3) is 0.413. The number of unbranched alkanes of at least 4 members (excludes halogenated alkanes) is 2. The second-order valence-corrected chi connectivity index (χ2v) is 15.1. The summed E-state index contributed by atoms with van der Waals surface area (Å²) in [6.07, 6.45) is 5.63. The van der Waals surface area contributed by atoms with E-state index in [1.54, 1.807) is 19.2 Å². The molecule has 0 saturated carbocycles. The predicted octanol–water partition coefficient (Wildman–Crippen LogP) is 6.72. The first kappa shape index (κ1) is 40.5. The van der Waals surface area contributed by atoms with E-state index in [0.717, 1.165) is 92.9 Å². The Labute approximate surface area is 331 Å². The molecular formula is C46H56N4O6. The van der Waals surface area contributed by atoms with Gasteiger partial charge in [-0.1, -0.05) is 42.5 Å². The molecule has 2 N–H and O–H groups in total. The summed E-state index contributed by atoms with van der Waals surface area (Å²) in [6, 6.07) is 27.9. The largest absolute Gasteiger partial charge is 0.508 e. The quantitative estimate of drug-likeness (QED) is 0.0844. The Morgan fingerprint density at radius 2 is 1.75 bits per heavy atom. The summed E-state index contributed by atoms with van der Waals surface area (Å²) < 4.78 is 12.4. The minimum Gasteiger partial charge on any atom is -0.508 e. The van der Waals surface area contributed by atoms with Gasteiger partial charge >= 0.3 is 0 Å². The number of hydrogen-bond acceptors (Lipinski definition) is 9. The standard InChI is InChI=1S/C46H56N4O6/c1-33-10-5-6-11-40(33)42-32-56-44-29-38(53)17-20-41(44)45(42)34-14-18-39(19-15-34)55-27-8-4-7-21-49-22-24-50(25-23-49)37-16-13-35(31-52)36(28-37)30-48(3)43(12-9-26-51)46(54)47-2/h5-6,10-11,13-20,26,28-29,31,42-43,45,53H,4,7-9,12,21-25,27,30,32H2,1-3H3,(H,47,54)/t42-,43?,45-/m1/s1. The molecule has 1 saturated heterocycles. The SMILES string of the molecule is CNC(=O)C(CCC=O)N(C)Cc1cc(N2CCN(CCCCCOc3ccc([C@@H]4c5ccc(O)cc5OC[C@@H]4c4ccccc4C)cc3)CC2)ccc1C=O. The number of anilines is 1. The van der Waals surface area contributed by atoms with E-state index in [2.05, 4.69) is 76.6 Å². The maximum atomic E-state index is 12.5. The van der Waals surface area contributed by atoms with Crippen LogP contribution in [0.1, 0.15) is 82.1 Å². The van der Waals surface area contributed by atoms with E-state index in [0.29, 0.717) is 38.2 Å². The summed E-state index contributed by atoms with van der Waals surface area (Å²) in [6.45, 7) is 8.61. The molecule has 0 aromatic heterocycles. The number of fused-ring (bicyclic) bond motifs is 1. The molecule has 4 aromatic carbocycles. The number of aryl methyl sites for hydroxylation is 1.